The van der Waals surface area contributed by atoms with Crippen LogP contribution in [0, 0.1) is 0 Å². The molecule has 0 aliphatic heterocycles. The van der Waals surface area contributed by atoms with E-state index in [-0.39, 0.29) is 0 Å². The maximum absolute atomic E-state index is 6.40. The van der Waals surface area contributed by atoms with E-state index < -0.39 is 0 Å². The summed E-state index contributed by atoms with van der Waals surface area (Å²) in [5.41, 5.74) is 10.0. The fraction of sp³-hybridized carbons (Fsp3) is 0. The van der Waals surface area contributed by atoms with Gasteiger partial charge in [0.15, 0.2) is 0 Å². The van der Waals surface area contributed by atoms with Gasteiger partial charge in [0.25, 0.3) is 0 Å². The first-order valence-electron chi connectivity index (χ1n) is 15.5. The Morgan fingerprint density at radius 3 is 1.57 bits per heavy atom. The first-order chi connectivity index (χ1) is 22.8. The number of para-hydroxylation sites is 4. The molecule has 0 aliphatic carbocycles. The highest BCUT2D eigenvalue weighted by molar-refractivity contribution is 6.18. The Morgan fingerprint density at radius 1 is 0.391 bits per heavy atom. The summed E-state index contributed by atoms with van der Waals surface area (Å²) in [5.74, 6) is 0. The van der Waals surface area contributed by atoms with Crippen molar-refractivity contribution in [2.24, 2.45) is 0 Å². The molecule has 0 N–H and O–H groups in total. The maximum atomic E-state index is 6.40. The molecule has 0 unspecified atom stereocenters. The van der Waals surface area contributed by atoms with E-state index in [2.05, 4.69) is 143 Å². The van der Waals surface area contributed by atoms with Crippen LogP contribution in [-0.2, 0) is 0 Å². The smallest absolute Gasteiger partial charge is 0.137 e. The van der Waals surface area contributed by atoms with Gasteiger partial charge in [-0.2, -0.15) is 0 Å². The number of aromatic nitrogens is 1. The number of hydrogen-bond acceptors (Lipinski definition) is 3. The average Bonchev–Trinajstić information content (AvgIpc) is 3.79. The van der Waals surface area contributed by atoms with Gasteiger partial charge in [0, 0.05) is 32.9 Å². The third kappa shape index (κ3) is 3.55. The molecule has 0 saturated carbocycles. The largest absolute Gasteiger partial charge is 0.456 e. The monoisotopic (exact) mass is 590 g/mol. The van der Waals surface area contributed by atoms with Crippen LogP contribution in [0.4, 0.5) is 17.1 Å². The van der Waals surface area contributed by atoms with Gasteiger partial charge in [-0.25, -0.2) is 0 Å². The van der Waals surface area contributed by atoms with Gasteiger partial charge in [0.2, 0.25) is 0 Å². The third-order valence-corrected chi connectivity index (χ3v) is 9.17. The normalized spacial score (nSPS) is 11.9. The van der Waals surface area contributed by atoms with Crippen LogP contribution >= 0.6 is 0 Å². The van der Waals surface area contributed by atoms with Crippen molar-refractivity contribution in [3.05, 3.63) is 158 Å². The number of furan rings is 2. The number of hydrogen-bond donors (Lipinski definition) is 0. The molecule has 10 aromatic rings. The molecule has 0 aliphatic rings. The Hall–Kier alpha value is -6.26. The fourth-order valence-corrected chi connectivity index (χ4v) is 7.25. The first-order valence-corrected chi connectivity index (χ1v) is 15.5. The Morgan fingerprint density at radius 2 is 0.913 bits per heavy atom. The van der Waals surface area contributed by atoms with Crippen LogP contribution in [0.5, 0.6) is 0 Å². The van der Waals surface area contributed by atoms with Crippen molar-refractivity contribution < 1.29 is 8.83 Å². The highest BCUT2D eigenvalue weighted by Crippen LogP contribution is 2.47. The van der Waals surface area contributed by atoms with Crippen LogP contribution in [0.3, 0.4) is 0 Å². The number of nitrogens with zero attached hydrogens (tertiary/aromatic N) is 2. The van der Waals surface area contributed by atoms with Crippen LogP contribution < -0.4 is 4.90 Å². The topological polar surface area (TPSA) is 34.5 Å². The summed E-state index contributed by atoms with van der Waals surface area (Å²) >= 11 is 0. The lowest BCUT2D eigenvalue weighted by Gasteiger charge is -2.27. The molecule has 0 atom stereocenters. The molecule has 216 valence electrons. The lowest BCUT2D eigenvalue weighted by Crippen LogP contribution is -2.11. The summed E-state index contributed by atoms with van der Waals surface area (Å²) < 4.78 is 15.2. The quantitative estimate of drug-likeness (QED) is 0.204. The van der Waals surface area contributed by atoms with Gasteiger partial charge in [-0.05, 0) is 66.7 Å². The van der Waals surface area contributed by atoms with Gasteiger partial charge in [-0.15, -0.1) is 0 Å². The Bertz CT molecular complexity index is 2650. The zero-order chi connectivity index (χ0) is 30.2. The van der Waals surface area contributed by atoms with E-state index in [9.17, 15) is 0 Å². The Kier molecular flexibility index (Phi) is 5.25. The van der Waals surface area contributed by atoms with Crippen LogP contribution in [-0.4, -0.2) is 4.57 Å². The summed E-state index contributed by atoms with van der Waals surface area (Å²) in [7, 11) is 0. The maximum Gasteiger partial charge on any atom is 0.137 e. The van der Waals surface area contributed by atoms with Crippen molar-refractivity contribution >= 4 is 82.7 Å². The van der Waals surface area contributed by atoms with E-state index in [4.69, 9.17) is 8.83 Å². The molecule has 4 nitrogen and oxygen atoms in total. The first kappa shape index (κ1) is 25.1. The molecular formula is C42H26N2O2. The number of anilines is 3. The van der Waals surface area contributed by atoms with E-state index in [0.29, 0.717) is 0 Å². The van der Waals surface area contributed by atoms with Crippen LogP contribution in [0.25, 0.3) is 71.4 Å². The van der Waals surface area contributed by atoms with Gasteiger partial charge < -0.3 is 18.3 Å². The molecule has 7 aromatic carbocycles. The molecule has 3 heterocycles. The van der Waals surface area contributed by atoms with Crippen molar-refractivity contribution in [3.63, 3.8) is 0 Å². The van der Waals surface area contributed by atoms with E-state index in [1.807, 2.05) is 24.3 Å². The lowest BCUT2D eigenvalue weighted by molar-refractivity contribution is 0.668. The minimum absolute atomic E-state index is 0.854. The Labute approximate surface area is 263 Å². The molecular weight excluding hydrogens is 564 g/mol. The molecule has 0 fully saturated rings. The zero-order valence-electron chi connectivity index (χ0n) is 24.7. The molecule has 0 bridgehead atoms. The van der Waals surface area contributed by atoms with E-state index in [1.165, 1.54) is 16.3 Å². The molecule has 46 heavy (non-hydrogen) atoms. The SMILES string of the molecule is c1ccc(-n2c3ccccc3c3ccc(N(c4cccc5oc6ccccc6c45)c4cccc5oc6ccccc6c45)cc32)cc1. The summed E-state index contributed by atoms with van der Waals surface area (Å²) in [6.07, 6.45) is 0. The van der Waals surface area contributed by atoms with Crippen LogP contribution in [0.1, 0.15) is 0 Å². The van der Waals surface area contributed by atoms with Gasteiger partial charge in [0.05, 0.1) is 33.2 Å². The number of benzene rings is 7. The van der Waals surface area contributed by atoms with Crippen molar-refractivity contribution in [1.29, 1.82) is 0 Å². The van der Waals surface area contributed by atoms with Gasteiger partial charge in [-0.3, -0.25) is 0 Å². The van der Waals surface area contributed by atoms with Crippen molar-refractivity contribution in [2.75, 3.05) is 4.90 Å². The van der Waals surface area contributed by atoms with Crippen LogP contribution in [0.2, 0.25) is 0 Å². The molecule has 4 heteroatoms. The molecule has 10 rings (SSSR count). The predicted molar refractivity (Wildman–Crippen MR) is 190 cm³/mol. The Balaban J connectivity index is 1.34. The van der Waals surface area contributed by atoms with E-state index in [1.54, 1.807) is 0 Å². The summed E-state index contributed by atoms with van der Waals surface area (Å²) in [4.78, 5) is 2.38. The van der Waals surface area contributed by atoms with Gasteiger partial charge in [-0.1, -0.05) is 91.0 Å². The molecule has 0 radical (unpaired) electrons. The highest BCUT2D eigenvalue weighted by atomic mass is 16.3. The van der Waals surface area contributed by atoms with Crippen LogP contribution in [0.15, 0.2) is 167 Å². The average molecular weight is 591 g/mol. The third-order valence-electron chi connectivity index (χ3n) is 9.17. The second-order valence-electron chi connectivity index (χ2n) is 11.7. The molecule has 0 amide bonds. The van der Waals surface area contributed by atoms with Gasteiger partial charge >= 0.3 is 0 Å². The fourth-order valence-electron chi connectivity index (χ4n) is 7.25. The summed E-state index contributed by atoms with van der Waals surface area (Å²) in [6, 6.07) is 55.3. The van der Waals surface area contributed by atoms with E-state index >= 15 is 0 Å². The van der Waals surface area contributed by atoms with Crippen molar-refractivity contribution in [1.82, 2.24) is 4.57 Å². The second-order valence-corrected chi connectivity index (χ2v) is 11.7. The highest BCUT2D eigenvalue weighted by Gasteiger charge is 2.24. The number of fused-ring (bicyclic) bond motifs is 9. The molecule has 0 spiro atoms. The van der Waals surface area contributed by atoms with E-state index in [0.717, 1.165) is 72.1 Å². The standard InChI is InChI=1S/C42H26N2O2/c1-2-12-27(13-3-1)43-33-17-7-4-14-29(33)30-25-24-28(26-36(30)43)44(34-18-10-22-39-41(34)31-15-5-8-20-37(31)45-39)35-19-11-23-40-42(35)32-16-6-9-21-38(32)46-40/h1-26H. The summed E-state index contributed by atoms with van der Waals surface area (Å²) in [5, 5.41) is 6.76. The second kappa shape index (κ2) is 9.62. The lowest BCUT2D eigenvalue weighted by atomic mass is 10.0. The molecule has 3 aromatic heterocycles. The van der Waals surface area contributed by atoms with Crippen molar-refractivity contribution in [3.8, 4) is 5.69 Å². The zero-order valence-corrected chi connectivity index (χ0v) is 24.7. The summed E-state index contributed by atoms with van der Waals surface area (Å²) in [6.45, 7) is 0. The minimum Gasteiger partial charge on any atom is -0.456 e. The predicted octanol–water partition coefficient (Wildman–Crippen LogP) is 12.1. The van der Waals surface area contributed by atoms with Crippen molar-refractivity contribution in [2.45, 2.75) is 0 Å². The minimum atomic E-state index is 0.854. The number of rotatable bonds is 4. The molecule has 0 saturated heterocycles. The van der Waals surface area contributed by atoms with Gasteiger partial charge in [0.1, 0.15) is 22.3 Å².